The average molecular weight is 293 g/mol. The van der Waals surface area contributed by atoms with Crippen LogP contribution in [0.2, 0.25) is 0 Å². The fourth-order valence-corrected chi connectivity index (χ4v) is 2.31. The predicted molar refractivity (Wildman–Crippen MR) is 80.8 cm³/mol. The van der Waals surface area contributed by atoms with Gasteiger partial charge in [0.05, 0.1) is 6.54 Å². The van der Waals surface area contributed by atoms with E-state index >= 15 is 0 Å². The minimum absolute atomic E-state index is 0.00472. The van der Waals surface area contributed by atoms with Gasteiger partial charge in [0, 0.05) is 25.4 Å². The number of hydrogen-bond donors (Lipinski definition) is 3. The highest BCUT2D eigenvalue weighted by Crippen LogP contribution is 2.18. The summed E-state index contributed by atoms with van der Waals surface area (Å²) < 4.78 is 0. The maximum absolute atomic E-state index is 12.0. The number of carbonyl (C=O) groups is 2. The molecule has 0 saturated carbocycles. The highest BCUT2D eigenvalue weighted by Gasteiger charge is 2.20. The highest BCUT2D eigenvalue weighted by molar-refractivity contribution is 7.80. The number of nitrogens with zero attached hydrogens (tertiary/aromatic N) is 1. The minimum Gasteiger partial charge on any atom is -0.354 e. The number of nitrogens with one attached hydrogen (secondary N) is 2. The molecule has 0 aromatic heterocycles. The number of rotatable bonds is 4. The number of amides is 3. The molecule has 0 aliphatic carbocycles. The van der Waals surface area contributed by atoms with Gasteiger partial charge in [0.15, 0.2) is 0 Å². The fourth-order valence-electron chi connectivity index (χ4n) is 2.19. The molecule has 1 heterocycles. The largest absolute Gasteiger partial charge is 0.354 e. The van der Waals surface area contributed by atoms with Gasteiger partial charge in [-0.15, -0.1) is 0 Å². The van der Waals surface area contributed by atoms with Crippen molar-refractivity contribution in [2.45, 2.75) is 13.0 Å². The maximum atomic E-state index is 12.0. The fraction of sp³-hybridized carbons (Fsp3) is 0.429. The summed E-state index contributed by atoms with van der Waals surface area (Å²) in [6.45, 7) is 1.79. The number of benzene rings is 1. The number of urea groups is 1. The van der Waals surface area contributed by atoms with E-state index < -0.39 is 0 Å². The Labute approximate surface area is 124 Å². The van der Waals surface area contributed by atoms with Crippen LogP contribution < -0.4 is 10.6 Å². The van der Waals surface area contributed by atoms with Crippen LogP contribution in [-0.4, -0.2) is 42.2 Å². The van der Waals surface area contributed by atoms with E-state index in [0.29, 0.717) is 25.4 Å². The van der Waals surface area contributed by atoms with Crippen molar-refractivity contribution in [2.75, 3.05) is 25.4 Å². The molecule has 1 aromatic carbocycles. The molecular weight excluding hydrogens is 274 g/mol. The Morgan fingerprint density at radius 3 is 2.70 bits per heavy atom. The van der Waals surface area contributed by atoms with Gasteiger partial charge in [-0.3, -0.25) is 4.79 Å². The number of hydrogen-bond acceptors (Lipinski definition) is 3. The lowest BCUT2D eigenvalue weighted by Gasteiger charge is -2.28. The molecule has 108 valence electrons. The molecule has 2 rings (SSSR count). The molecule has 0 unspecified atom stereocenters. The van der Waals surface area contributed by atoms with Crippen molar-refractivity contribution < 1.29 is 9.59 Å². The van der Waals surface area contributed by atoms with Crippen molar-refractivity contribution in [1.29, 1.82) is 0 Å². The standard InChI is InChI=1S/C14H19N3O2S/c18-13(15-6-8-20)9-16-14(19)17-7-5-11-3-1-2-4-12(11)10-17/h1-4,20H,5-10H2,(H,15,18)(H,16,19). The second-order valence-corrected chi connectivity index (χ2v) is 5.12. The topological polar surface area (TPSA) is 61.4 Å². The monoisotopic (exact) mass is 293 g/mol. The average Bonchev–Trinajstić information content (AvgIpc) is 2.50. The Balaban J connectivity index is 1.81. The van der Waals surface area contributed by atoms with Gasteiger partial charge >= 0.3 is 6.03 Å². The third-order valence-corrected chi connectivity index (χ3v) is 3.48. The SMILES string of the molecule is O=C(CNC(=O)N1CCc2ccccc2C1)NCCS. The van der Waals surface area contributed by atoms with E-state index in [-0.39, 0.29) is 18.5 Å². The van der Waals surface area contributed by atoms with E-state index in [0.717, 1.165) is 6.42 Å². The second kappa shape index (κ2) is 7.19. The first kappa shape index (κ1) is 14.7. The van der Waals surface area contributed by atoms with Crippen molar-refractivity contribution in [3.05, 3.63) is 35.4 Å². The van der Waals surface area contributed by atoms with Crippen LogP contribution >= 0.6 is 12.6 Å². The minimum atomic E-state index is -0.194. The van der Waals surface area contributed by atoms with Crippen LogP contribution in [0.15, 0.2) is 24.3 Å². The molecule has 3 amide bonds. The van der Waals surface area contributed by atoms with E-state index in [1.54, 1.807) is 4.90 Å². The zero-order chi connectivity index (χ0) is 14.4. The molecule has 0 atom stereocenters. The zero-order valence-electron chi connectivity index (χ0n) is 11.3. The summed E-state index contributed by atoms with van der Waals surface area (Å²) in [5.41, 5.74) is 2.47. The molecule has 5 nitrogen and oxygen atoms in total. The van der Waals surface area contributed by atoms with Crippen LogP contribution in [0.25, 0.3) is 0 Å². The summed E-state index contributed by atoms with van der Waals surface area (Å²) in [4.78, 5) is 25.1. The number of thiol groups is 1. The van der Waals surface area contributed by atoms with Crippen molar-refractivity contribution >= 4 is 24.6 Å². The first-order valence-electron chi connectivity index (χ1n) is 6.68. The van der Waals surface area contributed by atoms with Crippen molar-refractivity contribution in [1.82, 2.24) is 15.5 Å². The third kappa shape index (κ3) is 3.90. The third-order valence-electron chi connectivity index (χ3n) is 3.25. The van der Waals surface area contributed by atoms with E-state index in [4.69, 9.17) is 0 Å². The lowest BCUT2D eigenvalue weighted by molar-refractivity contribution is -0.120. The predicted octanol–water partition coefficient (Wildman–Crippen LogP) is 0.800. The maximum Gasteiger partial charge on any atom is 0.318 e. The molecule has 0 spiro atoms. The van der Waals surface area contributed by atoms with Crippen molar-refractivity contribution in [3.63, 3.8) is 0 Å². The Hall–Kier alpha value is -1.69. The number of fused-ring (bicyclic) bond motifs is 1. The Morgan fingerprint density at radius 1 is 1.20 bits per heavy atom. The molecule has 1 aromatic rings. The molecule has 20 heavy (non-hydrogen) atoms. The van der Waals surface area contributed by atoms with Crippen molar-refractivity contribution in [2.24, 2.45) is 0 Å². The smallest absolute Gasteiger partial charge is 0.318 e. The molecule has 0 bridgehead atoms. The first-order chi connectivity index (χ1) is 9.70. The van der Waals surface area contributed by atoms with E-state index in [2.05, 4.69) is 29.3 Å². The van der Waals surface area contributed by atoms with Crippen LogP contribution in [0.5, 0.6) is 0 Å². The van der Waals surface area contributed by atoms with Gasteiger partial charge in [0.1, 0.15) is 0 Å². The molecule has 2 N–H and O–H groups in total. The van der Waals surface area contributed by atoms with Gasteiger partial charge in [-0.1, -0.05) is 24.3 Å². The molecule has 1 aliphatic heterocycles. The van der Waals surface area contributed by atoms with Crippen LogP contribution in [0.4, 0.5) is 4.79 Å². The van der Waals surface area contributed by atoms with Crippen LogP contribution in [0.3, 0.4) is 0 Å². The molecule has 0 fully saturated rings. The van der Waals surface area contributed by atoms with E-state index in [1.165, 1.54) is 11.1 Å². The Kier molecular flexibility index (Phi) is 5.29. The van der Waals surface area contributed by atoms with Gasteiger partial charge in [-0.25, -0.2) is 4.79 Å². The molecule has 0 radical (unpaired) electrons. The first-order valence-corrected chi connectivity index (χ1v) is 7.31. The Bertz CT molecular complexity index is 493. The van der Waals surface area contributed by atoms with Crippen molar-refractivity contribution in [3.8, 4) is 0 Å². The lowest BCUT2D eigenvalue weighted by Crippen LogP contribution is -2.46. The quantitative estimate of drug-likeness (QED) is 0.719. The Morgan fingerprint density at radius 2 is 1.95 bits per heavy atom. The molecule has 6 heteroatoms. The summed E-state index contributed by atoms with van der Waals surface area (Å²) >= 11 is 4.00. The van der Waals surface area contributed by atoms with Gasteiger partial charge in [0.2, 0.25) is 5.91 Å². The lowest BCUT2D eigenvalue weighted by atomic mass is 10.0. The van der Waals surface area contributed by atoms with Gasteiger partial charge in [-0.05, 0) is 17.5 Å². The van der Waals surface area contributed by atoms with Gasteiger partial charge < -0.3 is 15.5 Å². The summed E-state index contributed by atoms with van der Waals surface area (Å²) in [7, 11) is 0. The van der Waals surface area contributed by atoms with Crippen LogP contribution in [0, 0.1) is 0 Å². The molecule has 1 aliphatic rings. The normalized spacial score (nSPS) is 13.6. The van der Waals surface area contributed by atoms with Crippen LogP contribution in [0.1, 0.15) is 11.1 Å². The summed E-state index contributed by atoms with van der Waals surface area (Å²) in [6, 6.07) is 7.93. The van der Waals surface area contributed by atoms with Gasteiger partial charge in [-0.2, -0.15) is 12.6 Å². The zero-order valence-corrected chi connectivity index (χ0v) is 12.2. The van der Waals surface area contributed by atoms with Crippen LogP contribution in [-0.2, 0) is 17.8 Å². The molecular formula is C14H19N3O2S. The molecule has 0 saturated heterocycles. The highest BCUT2D eigenvalue weighted by atomic mass is 32.1. The summed E-state index contributed by atoms with van der Waals surface area (Å²) in [6.07, 6.45) is 0.857. The number of carbonyl (C=O) groups excluding carboxylic acids is 2. The second-order valence-electron chi connectivity index (χ2n) is 4.67. The summed E-state index contributed by atoms with van der Waals surface area (Å²) in [5, 5.41) is 5.30. The van der Waals surface area contributed by atoms with Gasteiger partial charge in [0.25, 0.3) is 0 Å². The van der Waals surface area contributed by atoms with E-state index in [1.807, 2.05) is 18.2 Å². The van der Waals surface area contributed by atoms with E-state index in [9.17, 15) is 9.59 Å². The summed E-state index contributed by atoms with van der Waals surface area (Å²) in [5.74, 6) is 0.396.